The molecule has 7 heteroatoms. The first-order valence-corrected chi connectivity index (χ1v) is 9.55. The molecule has 1 aromatic heterocycles. The lowest BCUT2D eigenvalue weighted by molar-refractivity contribution is 0.0799. The molecule has 2 unspecified atom stereocenters. The number of piperidine rings is 1. The molecule has 3 heterocycles. The van der Waals surface area contributed by atoms with Crippen LogP contribution in [0.4, 0.5) is 4.39 Å². The summed E-state index contributed by atoms with van der Waals surface area (Å²) in [5, 5.41) is 4.59. The summed E-state index contributed by atoms with van der Waals surface area (Å²) >= 11 is 1.47. The molecule has 5 nitrogen and oxygen atoms in total. The first-order chi connectivity index (χ1) is 12.0. The highest BCUT2D eigenvalue weighted by molar-refractivity contribution is 8.00. The molecule has 2 aromatic rings. The number of aryl methyl sites for hydroxylation is 1. The van der Waals surface area contributed by atoms with Gasteiger partial charge in [0.1, 0.15) is 16.9 Å². The summed E-state index contributed by atoms with van der Waals surface area (Å²) in [5.74, 6) is 1.02. The maximum atomic E-state index is 13.4. The number of thioether (sulfide) groups is 1. The Morgan fingerprint density at radius 3 is 2.56 bits per heavy atom. The van der Waals surface area contributed by atoms with Crippen LogP contribution in [-0.2, 0) is 0 Å². The Morgan fingerprint density at radius 2 is 1.92 bits per heavy atom. The van der Waals surface area contributed by atoms with Crippen molar-refractivity contribution in [1.29, 1.82) is 0 Å². The Hall–Kier alpha value is -1.73. The number of fused-ring (bicyclic) bond motifs is 1. The maximum absolute atomic E-state index is 13.4. The molecule has 1 aromatic carbocycles. The van der Waals surface area contributed by atoms with Gasteiger partial charge in [0.15, 0.2) is 5.16 Å². The van der Waals surface area contributed by atoms with Gasteiger partial charge in [-0.05, 0) is 56.5 Å². The second-order valence-corrected chi connectivity index (χ2v) is 8.05. The lowest BCUT2D eigenvalue weighted by Gasteiger charge is -2.38. The summed E-state index contributed by atoms with van der Waals surface area (Å²) < 4.78 is 14.8. The second kappa shape index (κ2) is 6.53. The highest BCUT2D eigenvalue weighted by Crippen LogP contribution is 2.42. The number of carbonyl (C=O) groups excluding carboxylic acids is 1. The van der Waals surface area contributed by atoms with Gasteiger partial charge in [-0.15, -0.1) is 5.10 Å². The van der Waals surface area contributed by atoms with Crippen LogP contribution < -0.4 is 0 Å². The van der Waals surface area contributed by atoms with Crippen molar-refractivity contribution in [3.63, 3.8) is 0 Å². The minimum Gasteiger partial charge on any atom is -0.295 e. The Balaban J connectivity index is 1.67. The van der Waals surface area contributed by atoms with Crippen LogP contribution >= 0.6 is 11.8 Å². The van der Waals surface area contributed by atoms with Crippen molar-refractivity contribution in [1.82, 2.24) is 19.7 Å². The van der Waals surface area contributed by atoms with Gasteiger partial charge in [-0.3, -0.25) is 9.69 Å². The van der Waals surface area contributed by atoms with Crippen LogP contribution in [0.5, 0.6) is 0 Å². The van der Waals surface area contributed by atoms with Crippen LogP contribution in [0.15, 0.2) is 29.4 Å². The van der Waals surface area contributed by atoms with Gasteiger partial charge in [-0.2, -0.15) is 4.68 Å². The molecule has 0 amide bonds. The molecule has 1 saturated heterocycles. The molecule has 0 spiro atoms. The molecule has 0 N–H and O–H groups in total. The van der Waals surface area contributed by atoms with Crippen LogP contribution in [0.3, 0.4) is 0 Å². The molecule has 1 fully saturated rings. The van der Waals surface area contributed by atoms with Crippen LogP contribution in [0, 0.1) is 18.7 Å². The van der Waals surface area contributed by atoms with Crippen molar-refractivity contribution >= 4 is 17.7 Å². The van der Waals surface area contributed by atoms with Crippen LogP contribution in [0.25, 0.3) is 0 Å². The molecule has 0 radical (unpaired) electrons. The average Bonchev–Trinajstić information content (AvgIpc) is 3.09. The molecule has 25 heavy (non-hydrogen) atoms. The summed E-state index contributed by atoms with van der Waals surface area (Å²) in [6, 6.07) is 6.45. The Labute approximate surface area is 150 Å². The number of hydrogen-bond acceptors (Lipinski definition) is 5. The molecule has 0 aliphatic carbocycles. The van der Waals surface area contributed by atoms with Crippen molar-refractivity contribution in [2.45, 2.75) is 43.1 Å². The first-order valence-electron chi connectivity index (χ1n) is 8.67. The minimum atomic E-state index is -0.297. The van der Waals surface area contributed by atoms with Crippen molar-refractivity contribution in [3.8, 4) is 0 Å². The van der Waals surface area contributed by atoms with E-state index in [0.717, 1.165) is 31.5 Å². The highest BCUT2D eigenvalue weighted by atomic mass is 32.2. The Kier molecular flexibility index (Phi) is 4.37. The van der Waals surface area contributed by atoms with Gasteiger partial charge in [0.05, 0.1) is 6.04 Å². The zero-order valence-electron chi connectivity index (χ0n) is 14.4. The normalized spacial score (nSPS) is 23.0. The third-order valence-corrected chi connectivity index (χ3v) is 6.27. The summed E-state index contributed by atoms with van der Waals surface area (Å²) in [6.45, 7) is 5.95. The molecular formula is C18H21FN4OS. The molecular weight excluding hydrogens is 339 g/mol. The third kappa shape index (κ3) is 3.11. The Bertz CT molecular complexity index is 783. The van der Waals surface area contributed by atoms with Crippen LogP contribution in [0.1, 0.15) is 42.0 Å². The van der Waals surface area contributed by atoms with Gasteiger partial charge in [0, 0.05) is 0 Å². The average molecular weight is 360 g/mol. The van der Waals surface area contributed by atoms with Gasteiger partial charge in [-0.1, -0.05) is 30.8 Å². The monoisotopic (exact) mass is 360 g/mol. The van der Waals surface area contributed by atoms with E-state index < -0.39 is 0 Å². The zero-order valence-corrected chi connectivity index (χ0v) is 15.2. The van der Waals surface area contributed by atoms with Gasteiger partial charge in [0.2, 0.25) is 0 Å². The number of benzene rings is 1. The van der Waals surface area contributed by atoms with E-state index in [1.165, 1.54) is 28.6 Å². The van der Waals surface area contributed by atoms with Crippen molar-refractivity contribution in [2.24, 2.45) is 5.92 Å². The fourth-order valence-electron chi connectivity index (χ4n) is 3.64. The predicted octanol–water partition coefficient (Wildman–Crippen LogP) is 3.31. The lowest BCUT2D eigenvalue weighted by atomic mass is 9.94. The molecule has 2 atom stereocenters. The first kappa shape index (κ1) is 16.7. The van der Waals surface area contributed by atoms with Gasteiger partial charge in [0.25, 0.3) is 5.91 Å². The van der Waals surface area contributed by atoms with E-state index in [9.17, 15) is 9.18 Å². The SMILES string of the molecule is Cc1nc2n(n1)C(=O)C(C(c1ccc(F)cc1)N1CCC(C)CC1)S2. The fourth-order valence-corrected chi connectivity index (χ4v) is 4.94. The zero-order chi connectivity index (χ0) is 17.6. The Morgan fingerprint density at radius 1 is 1.24 bits per heavy atom. The molecule has 2 aliphatic heterocycles. The van der Waals surface area contributed by atoms with E-state index in [1.807, 2.05) is 0 Å². The molecule has 2 aliphatic rings. The van der Waals surface area contributed by atoms with E-state index in [-0.39, 0.29) is 23.0 Å². The van der Waals surface area contributed by atoms with E-state index in [1.54, 1.807) is 19.1 Å². The summed E-state index contributed by atoms with van der Waals surface area (Å²) in [4.78, 5) is 19.7. The van der Waals surface area contributed by atoms with E-state index in [0.29, 0.717) is 16.9 Å². The molecule has 0 saturated carbocycles. The number of hydrogen-bond donors (Lipinski definition) is 0. The lowest BCUT2D eigenvalue weighted by Crippen LogP contribution is -2.42. The molecule has 4 rings (SSSR count). The largest absolute Gasteiger partial charge is 0.295 e. The van der Waals surface area contributed by atoms with Crippen molar-refractivity contribution in [3.05, 3.63) is 41.5 Å². The number of nitrogens with zero attached hydrogens (tertiary/aromatic N) is 4. The van der Waals surface area contributed by atoms with Gasteiger partial charge < -0.3 is 0 Å². The van der Waals surface area contributed by atoms with Crippen LogP contribution in [0.2, 0.25) is 0 Å². The van der Waals surface area contributed by atoms with Crippen molar-refractivity contribution < 1.29 is 9.18 Å². The third-order valence-electron chi connectivity index (χ3n) is 5.08. The van der Waals surface area contributed by atoms with E-state index in [4.69, 9.17) is 0 Å². The number of rotatable bonds is 3. The van der Waals surface area contributed by atoms with Crippen molar-refractivity contribution in [2.75, 3.05) is 13.1 Å². The summed E-state index contributed by atoms with van der Waals surface area (Å²) in [7, 11) is 0. The van der Waals surface area contributed by atoms with E-state index >= 15 is 0 Å². The predicted molar refractivity (Wildman–Crippen MR) is 94.1 cm³/mol. The number of halogens is 1. The maximum Gasteiger partial charge on any atom is 0.264 e. The van der Waals surface area contributed by atoms with Crippen LogP contribution in [-0.4, -0.2) is 43.9 Å². The fraction of sp³-hybridized carbons (Fsp3) is 0.500. The number of carbonyl (C=O) groups is 1. The topological polar surface area (TPSA) is 51.0 Å². The molecule has 0 bridgehead atoms. The molecule has 132 valence electrons. The standard InChI is InChI=1S/C18H21FN4OS/c1-11-7-9-22(10-8-11)15(13-3-5-14(19)6-4-13)16-17(24)23-18(25-16)20-12(2)21-23/h3-6,11,15-16H,7-10H2,1-2H3. The minimum absolute atomic E-state index is 0.0338. The smallest absolute Gasteiger partial charge is 0.264 e. The number of aromatic nitrogens is 3. The summed E-state index contributed by atoms with van der Waals surface area (Å²) in [5.41, 5.74) is 0.976. The highest BCUT2D eigenvalue weighted by Gasteiger charge is 2.43. The van der Waals surface area contributed by atoms with Gasteiger partial charge >= 0.3 is 0 Å². The van der Waals surface area contributed by atoms with E-state index in [2.05, 4.69) is 21.9 Å². The second-order valence-electron chi connectivity index (χ2n) is 6.94. The quantitative estimate of drug-likeness (QED) is 0.840. The number of likely N-dealkylation sites (tertiary alicyclic amines) is 1. The van der Waals surface area contributed by atoms with Gasteiger partial charge in [-0.25, -0.2) is 9.37 Å². The summed E-state index contributed by atoms with van der Waals surface area (Å²) in [6.07, 6.45) is 2.23.